The SMILES string of the molecule is CCN(CC)CCSCC(=O)NC1CCC(N)CC1.Cl.Cl. The molecule has 0 atom stereocenters. The van der Waals surface area contributed by atoms with Crippen molar-refractivity contribution >= 4 is 42.5 Å². The number of rotatable bonds is 8. The number of thioether (sulfide) groups is 1. The third-order valence-electron chi connectivity index (χ3n) is 3.82. The van der Waals surface area contributed by atoms with E-state index in [4.69, 9.17) is 5.73 Å². The van der Waals surface area contributed by atoms with Crippen molar-refractivity contribution < 1.29 is 4.79 Å². The lowest BCUT2D eigenvalue weighted by atomic mass is 9.92. The second-order valence-electron chi connectivity index (χ2n) is 5.26. The number of hydrogen-bond donors (Lipinski definition) is 2. The lowest BCUT2D eigenvalue weighted by Gasteiger charge is -2.26. The summed E-state index contributed by atoms with van der Waals surface area (Å²) in [5.74, 6) is 1.80. The molecule has 0 spiro atoms. The maximum Gasteiger partial charge on any atom is 0.230 e. The number of carbonyl (C=O) groups excluding carboxylic acids is 1. The van der Waals surface area contributed by atoms with Gasteiger partial charge in [0.25, 0.3) is 0 Å². The first-order valence-corrected chi connectivity index (χ1v) is 8.66. The summed E-state index contributed by atoms with van der Waals surface area (Å²) in [5.41, 5.74) is 5.86. The quantitative estimate of drug-likeness (QED) is 0.652. The standard InChI is InChI=1S/C14H29N3OS.2ClH/c1-3-17(4-2)9-10-19-11-14(18)16-13-7-5-12(15)6-8-13;;/h12-13H,3-11,15H2,1-2H3,(H,16,18);2*1H. The van der Waals surface area contributed by atoms with Crippen molar-refractivity contribution in [2.24, 2.45) is 5.73 Å². The molecule has 4 nitrogen and oxygen atoms in total. The zero-order valence-corrected chi connectivity index (χ0v) is 15.6. The number of nitrogens with zero attached hydrogens (tertiary/aromatic N) is 1. The number of hydrogen-bond acceptors (Lipinski definition) is 4. The van der Waals surface area contributed by atoms with E-state index in [1.165, 1.54) is 0 Å². The summed E-state index contributed by atoms with van der Waals surface area (Å²) < 4.78 is 0. The van der Waals surface area contributed by atoms with E-state index >= 15 is 0 Å². The molecule has 0 unspecified atom stereocenters. The van der Waals surface area contributed by atoms with Gasteiger partial charge in [0.05, 0.1) is 5.75 Å². The summed E-state index contributed by atoms with van der Waals surface area (Å²) in [5, 5.41) is 3.13. The summed E-state index contributed by atoms with van der Waals surface area (Å²) in [6.07, 6.45) is 4.16. The number of nitrogens with one attached hydrogen (secondary N) is 1. The molecular weight excluding hydrogens is 329 g/mol. The van der Waals surface area contributed by atoms with Crippen molar-refractivity contribution in [1.82, 2.24) is 10.2 Å². The monoisotopic (exact) mass is 359 g/mol. The molecule has 0 saturated heterocycles. The van der Waals surface area contributed by atoms with Crippen LogP contribution in [0.4, 0.5) is 0 Å². The van der Waals surface area contributed by atoms with E-state index in [9.17, 15) is 4.79 Å². The zero-order valence-electron chi connectivity index (χ0n) is 13.2. The average molecular weight is 360 g/mol. The molecule has 1 aliphatic rings. The zero-order chi connectivity index (χ0) is 14.1. The molecule has 0 bridgehead atoms. The van der Waals surface area contributed by atoms with Gasteiger partial charge in [-0.2, -0.15) is 11.8 Å². The van der Waals surface area contributed by atoms with Crippen molar-refractivity contribution in [2.75, 3.05) is 31.1 Å². The van der Waals surface area contributed by atoms with Crippen LogP contribution in [0.2, 0.25) is 0 Å². The van der Waals surface area contributed by atoms with E-state index in [2.05, 4.69) is 24.1 Å². The van der Waals surface area contributed by atoms with Crippen LogP contribution in [0, 0.1) is 0 Å². The highest BCUT2D eigenvalue weighted by Crippen LogP contribution is 2.17. The normalized spacial score (nSPS) is 21.3. The van der Waals surface area contributed by atoms with Gasteiger partial charge in [0, 0.05) is 24.4 Å². The van der Waals surface area contributed by atoms with E-state index in [-0.39, 0.29) is 30.7 Å². The van der Waals surface area contributed by atoms with Crippen LogP contribution >= 0.6 is 36.6 Å². The molecule has 128 valence electrons. The second-order valence-corrected chi connectivity index (χ2v) is 6.36. The minimum atomic E-state index is 0. The first-order chi connectivity index (χ1) is 9.15. The third kappa shape index (κ3) is 10.6. The Morgan fingerprint density at radius 3 is 2.29 bits per heavy atom. The second kappa shape index (κ2) is 13.9. The highest BCUT2D eigenvalue weighted by Gasteiger charge is 2.19. The Bertz CT molecular complexity index is 261. The Labute approximate surface area is 146 Å². The fourth-order valence-electron chi connectivity index (χ4n) is 2.43. The lowest BCUT2D eigenvalue weighted by molar-refractivity contribution is -0.119. The number of nitrogens with two attached hydrogens (primary N) is 1. The van der Waals surface area contributed by atoms with Gasteiger partial charge in [0.2, 0.25) is 5.91 Å². The van der Waals surface area contributed by atoms with Crippen LogP contribution in [0.5, 0.6) is 0 Å². The maximum atomic E-state index is 11.8. The largest absolute Gasteiger partial charge is 0.353 e. The van der Waals surface area contributed by atoms with E-state index in [1.54, 1.807) is 11.8 Å². The van der Waals surface area contributed by atoms with Crippen molar-refractivity contribution in [2.45, 2.75) is 51.6 Å². The molecular formula is C14H31Cl2N3OS. The highest BCUT2D eigenvalue weighted by molar-refractivity contribution is 7.99. The molecule has 3 N–H and O–H groups in total. The molecule has 0 aromatic carbocycles. The van der Waals surface area contributed by atoms with Crippen molar-refractivity contribution in [3.63, 3.8) is 0 Å². The minimum Gasteiger partial charge on any atom is -0.353 e. The smallest absolute Gasteiger partial charge is 0.230 e. The molecule has 1 fully saturated rings. The highest BCUT2D eigenvalue weighted by atomic mass is 35.5. The number of amides is 1. The molecule has 7 heteroatoms. The summed E-state index contributed by atoms with van der Waals surface area (Å²) in [6, 6.07) is 0.701. The summed E-state index contributed by atoms with van der Waals surface area (Å²) in [4.78, 5) is 14.2. The summed E-state index contributed by atoms with van der Waals surface area (Å²) in [6.45, 7) is 7.60. The molecule has 1 rings (SSSR count). The van der Waals surface area contributed by atoms with Crippen molar-refractivity contribution in [3.05, 3.63) is 0 Å². The Hall–Kier alpha value is 0.320. The van der Waals surface area contributed by atoms with Gasteiger partial charge in [-0.05, 0) is 38.8 Å². The van der Waals surface area contributed by atoms with E-state index < -0.39 is 0 Å². The van der Waals surface area contributed by atoms with Gasteiger partial charge >= 0.3 is 0 Å². The Kier molecular flexibility index (Phi) is 15.7. The molecule has 0 aliphatic heterocycles. The Balaban J connectivity index is 0. The molecule has 1 amide bonds. The topological polar surface area (TPSA) is 58.4 Å². The van der Waals surface area contributed by atoms with Crippen molar-refractivity contribution in [3.8, 4) is 0 Å². The van der Waals surface area contributed by atoms with Gasteiger partial charge < -0.3 is 16.0 Å². The lowest BCUT2D eigenvalue weighted by Crippen LogP contribution is -2.41. The average Bonchev–Trinajstić information content (AvgIpc) is 2.42. The van der Waals surface area contributed by atoms with Gasteiger partial charge in [-0.25, -0.2) is 0 Å². The van der Waals surface area contributed by atoms with Crippen LogP contribution in [0.25, 0.3) is 0 Å². The number of halogens is 2. The van der Waals surface area contributed by atoms with Crippen LogP contribution in [-0.2, 0) is 4.79 Å². The summed E-state index contributed by atoms with van der Waals surface area (Å²) in [7, 11) is 0. The van der Waals surface area contributed by atoms with E-state index in [1.807, 2.05) is 0 Å². The Morgan fingerprint density at radius 2 is 1.76 bits per heavy atom. The van der Waals surface area contributed by atoms with Gasteiger partial charge in [-0.15, -0.1) is 24.8 Å². The predicted molar refractivity (Wildman–Crippen MR) is 98.0 cm³/mol. The molecule has 0 radical (unpaired) electrons. The van der Waals surface area contributed by atoms with Gasteiger partial charge in [-0.1, -0.05) is 13.8 Å². The van der Waals surface area contributed by atoms with Crippen LogP contribution in [0.3, 0.4) is 0 Å². The molecule has 1 saturated carbocycles. The van der Waals surface area contributed by atoms with Crippen LogP contribution in [0.1, 0.15) is 39.5 Å². The van der Waals surface area contributed by atoms with Crippen LogP contribution in [0.15, 0.2) is 0 Å². The van der Waals surface area contributed by atoms with Gasteiger partial charge in [0.15, 0.2) is 0 Å². The third-order valence-corrected chi connectivity index (χ3v) is 4.75. The molecule has 0 aromatic heterocycles. The fourth-order valence-corrected chi connectivity index (χ4v) is 3.23. The van der Waals surface area contributed by atoms with Crippen LogP contribution < -0.4 is 11.1 Å². The summed E-state index contributed by atoms with van der Waals surface area (Å²) >= 11 is 1.73. The predicted octanol–water partition coefficient (Wildman–Crippen LogP) is 2.29. The van der Waals surface area contributed by atoms with E-state index in [0.29, 0.717) is 17.8 Å². The minimum absolute atomic E-state index is 0. The van der Waals surface area contributed by atoms with Gasteiger partial charge in [0.1, 0.15) is 0 Å². The number of carbonyl (C=O) groups is 1. The maximum absolute atomic E-state index is 11.8. The Morgan fingerprint density at radius 1 is 1.19 bits per heavy atom. The first-order valence-electron chi connectivity index (χ1n) is 7.50. The molecule has 21 heavy (non-hydrogen) atoms. The van der Waals surface area contributed by atoms with Crippen molar-refractivity contribution in [1.29, 1.82) is 0 Å². The van der Waals surface area contributed by atoms with Gasteiger partial charge in [-0.3, -0.25) is 4.79 Å². The van der Waals surface area contributed by atoms with Crippen LogP contribution in [-0.4, -0.2) is 54.0 Å². The molecule has 1 aliphatic carbocycles. The first kappa shape index (κ1) is 23.6. The molecule has 0 aromatic rings. The fraction of sp³-hybridized carbons (Fsp3) is 0.929. The molecule has 0 heterocycles. The van der Waals surface area contributed by atoms with E-state index in [0.717, 1.165) is 51.1 Å².